The van der Waals surface area contributed by atoms with Crippen LogP contribution in [0.3, 0.4) is 0 Å². The van der Waals surface area contributed by atoms with Gasteiger partial charge in [-0.15, -0.1) is 0 Å². The molecule has 0 amide bonds. The fourth-order valence-corrected chi connectivity index (χ4v) is 3.89. The molecule has 7 heteroatoms. The van der Waals surface area contributed by atoms with E-state index in [2.05, 4.69) is 45.4 Å². The van der Waals surface area contributed by atoms with E-state index in [1.807, 2.05) is 39.1 Å². The molecule has 1 aromatic carbocycles. The Morgan fingerprint density at radius 1 is 1.11 bits per heavy atom. The quantitative estimate of drug-likeness (QED) is 0.487. The largest absolute Gasteiger partial charge is 0.489 e. The van der Waals surface area contributed by atoms with Gasteiger partial charge in [0.15, 0.2) is 0 Å². The van der Waals surface area contributed by atoms with Crippen LogP contribution >= 0.6 is 11.9 Å². The van der Waals surface area contributed by atoms with Gasteiger partial charge in [0.05, 0.1) is 28.8 Å². The number of hydrogen-bond acceptors (Lipinski definition) is 7. The summed E-state index contributed by atoms with van der Waals surface area (Å²) in [6.45, 7) is 11.6. The van der Waals surface area contributed by atoms with Crippen molar-refractivity contribution in [2.45, 2.75) is 46.1 Å². The summed E-state index contributed by atoms with van der Waals surface area (Å²) in [5.41, 5.74) is 3.89. The van der Waals surface area contributed by atoms with Gasteiger partial charge in [-0.3, -0.25) is 0 Å². The lowest BCUT2D eigenvalue weighted by Crippen LogP contribution is -2.21. The van der Waals surface area contributed by atoms with Crippen LogP contribution in [0.1, 0.15) is 36.6 Å². The topological polar surface area (TPSA) is 64.3 Å². The van der Waals surface area contributed by atoms with Crippen LogP contribution in [-0.4, -0.2) is 21.7 Å². The molecule has 0 unspecified atom stereocenters. The van der Waals surface area contributed by atoms with E-state index in [9.17, 15) is 0 Å². The molecular weight excluding hydrogens is 372 g/mol. The van der Waals surface area contributed by atoms with Crippen molar-refractivity contribution in [2.24, 2.45) is 5.92 Å². The molecule has 0 saturated carbocycles. The third-order valence-electron chi connectivity index (χ3n) is 4.29. The molecule has 0 fully saturated rings. The number of ether oxygens (including phenoxy) is 1. The van der Waals surface area contributed by atoms with Gasteiger partial charge in [0.2, 0.25) is 0 Å². The molecule has 0 saturated heterocycles. The number of aryl methyl sites for hydroxylation is 3. The highest BCUT2D eigenvalue weighted by Crippen LogP contribution is 2.32. The van der Waals surface area contributed by atoms with Gasteiger partial charge in [0.1, 0.15) is 24.4 Å². The van der Waals surface area contributed by atoms with Gasteiger partial charge in [-0.05, 0) is 62.9 Å². The third-order valence-corrected chi connectivity index (χ3v) is 5.34. The molecule has 148 valence electrons. The van der Waals surface area contributed by atoms with Crippen molar-refractivity contribution in [1.29, 1.82) is 0 Å². The number of benzene rings is 1. The minimum absolute atomic E-state index is 0.452. The third kappa shape index (κ3) is 5.04. The summed E-state index contributed by atoms with van der Waals surface area (Å²) in [5, 5.41) is 3.96. The zero-order chi connectivity index (χ0) is 20.1. The van der Waals surface area contributed by atoms with E-state index in [0.29, 0.717) is 12.5 Å². The number of hydrogen-bond donors (Lipinski definition) is 0. The van der Waals surface area contributed by atoms with E-state index < -0.39 is 0 Å². The highest BCUT2D eigenvalue weighted by Gasteiger charge is 2.14. The second-order valence-electron chi connectivity index (χ2n) is 7.10. The van der Waals surface area contributed by atoms with Gasteiger partial charge in [-0.25, -0.2) is 9.97 Å². The van der Waals surface area contributed by atoms with Crippen LogP contribution < -0.4 is 9.04 Å². The molecule has 28 heavy (non-hydrogen) atoms. The highest BCUT2D eigenvalue weighted by molar-refractivity contribution is 8.00. The first-order valence-electron chi connectivity index (χ1n) is 9.30. The first-order chi connectivity index (χ1) is 13.4. The molecule has 0 aliphatic rings. The van der Waals surface area contributed by atoms with E-state index >= 15 is 0 Å². The first kappa shape index (κ1) is 20.2. The minimum atomic E-state index is 0.452. The lowest BCUT2D eigenvalue weighted by Gasteiger charge is -2.25. The fourth-order valence-electron chi connectivity index (χ4n) is 2.73. The van der Waals surface area contributed by atoms with Crippen molar-refractivity contribution in [3.8, 4) is 5.75 Å². The monoisotopic (exact) mass is 398 g/mol. The van der Waals surface area contributed by atoms with Crippen molar-refractivity contribution in [2.75, 3.05) is 10.8 Å². The average Bonchev–Trinajstić information content (AvgIpc) is 2.98. The molecule has 0 bridgehead atoms. The van der Waals surface area contributed by atoms with Gasteiger partial charge >= 0.3 is 0 Å². The molecule has 0 aliphatic carbocycles. The number of rotatable bonds is 8. The van der Waals surface area contributed by atoms with Crippen molar-refractivity contribution in [3.63, 3.8) is 0 Å². The SMILES string of the molecule is Cc1ncncc1N(CC(C)C)Sc1ccc(OCc2c(C)noc2C)cc1. The molecule has 0 spiro atoms. The summed E-state index contributed by atoms with van der Waals surface area (Å²) in [6, 6.07) is 8.12. The summed E-state index contributed by atoms with van der Waals surface area (Å²) in [7, 11) is 0. The van der Waals surface area contributed by atoms with E-state index in [-0.39, 0.29) is 0 Å². The smallest absolute Gasteiger partial charge is 0.140 e. The van der Waals surface area contributed by atoms with Gasteiger partial charge in [0.25, 0.3) is 0 Å². The summed E-state index contributed by atoms with van der Waals surface area (Å²) < 4.78 is 13.3. The summed E-state index contributed by atoms with van der Waals surface area (Å²) in [5.74, 6) is 2.14. The zero-order valence-corrected chi connectivity index (χ0v) is 17.8. The molecule has 6 nitrogen and oxygen atoms in total. The van der Waals surface area contributed by atoms with Crippen LogP contribution in [-0.2, 0) is 6.61 Å². The van der Waals surface area contributed by atoms with E-state index in [4.69, 9.17) is 9.26 Å². The Balaban J connectivity index is 1.68. The van der Waals surface area contributed by atoms with Crippen molar-refractivity contribution < 1.29 is 9.26 Å². The molecule has 0 aliphatic heterocycles. The lowest BCUT2D eigenvalue weighted by atomic mass is 10.2. The van der Waals surface area contributed by atoms with Gasteiger partial charge < -0.3 is 13.6 Å². The zero-order valence-electron chi connectivity index (χ0n) is 17.0. The van der Waals surface area contributed by atoms with Crippen LogP contribution in [0.25, 0.3) is 0 Å². The Morgan fingerprint density at radius 2 is 1.86 bits per heavy atom. The van der Waals surface area contributed by atoms with Crippen molar-refractivity contribution in [1.82, 2.24) is 15.1 Å². The lowest BCUT2D eigenvalue weighted by molar-refractivity contribution is 0.301. The maximum absolute atomic E-state index is 5.90. The molecule has 2 aromatic heterocycles. The maximum Gasteiger partial charge on any atom is 0.140 e. The van der Waals surface area contributed by atoms with Crippen molar-refractivity contribution in [3.05, 3.63) is 59.5 Å². The van der Waals surface area contributed by atoms with E-state index in [0.717, 1.165) is 45.6 Å². The highest BCUT2D eigenvalue weighted by atomic mass is 32.2. The molecule has 2 heterocycles. The van der Waals surface area contributed by atoms with Crippen LogP contribution in [0.15, 0.2) is 46.2 Å². The Labute approximate surface area is 170 Å². The first-order valence-corrected chi connectivity index (χ1v) is 10.1. The van der Waals surface area contributed by atoms with Gasteiger partial charge in [-0.2, -0.15) is 0 Å². The van der Waals surface area contributed by atoms with E-state index in [1.54, 1.807) is 18.3 Å². The molecule has 3 aromatic rings. The summed E-state index contributed by atoms with van der Waals surface area (Å²) in [6.07, 6.45) is 3.46. The summed E-state index contributed by atoms with van der Waals surface area (Å²) in [4.78, 5) is 9.65. The van der Waals surface area contributed by atoms with Gasteiger partial charge in [-0.1, -0.05) is 19.0 Å². The standard InChI is InChI=1S/C21H26N4O2S/c1-14(2)11-25(21-10-22-13-23-16(21)4)28-19-8-6-18(7-9-19)26-12-20-15(3)24-27-17(20)5/h6-10,13-14H,11-12H2,1-5H3. The Bertz CT molecular complexity index is 890. The molecule has 0 N–H and O–H groups in total. The Kier molecular flexibility index (Phi) is 6.57. The number of anilines is 1. The predicted molar refractivity (Wildman–Crippen MR) is 112 cm³/mol. The van der Waals surface area contributed by atoms with Gasteiger partial charge in [0, 0.05) is 11.4 Å². The fraction of sp³-hybridized carbons (Fsp3) is 0.381. The van der Waals surface area contributed by atoms with Crippen LogP contribution in [0.4, 0.5) is 5.69 Å². The predicted octanol–water partition coefficient (Wildman–Crippen LogP) is 5.14. The maximum atomic E-state index is 5.90. The van der Waals surface area contributed by atoms with Crippen LogP contribution in [0.2, 0.25) is 0 Å². The van der Waals surface area contributed by atoms with E-state index in [1.165, 1.54) is 0 Å². The van der Waals surface area contributed by atoms with Crippen LogP contribution in [0.5, 0.6) is 5.75 Å². The molecule has 3 rings (SSSR count). The summed E-state index contributed by atoms with van der Waals surface area (Å²) >= 11 is 1.69. The van der Waals surface area contributed by atoms with Crippen LogP contribution in [0, 0.1) is 26.7 Å². The Morgan fingerprint density at radius 3 is 2.46 bits per heavy atom. The molecule has 0 radical (unpaired) electrons. The Hall–Kier alpha value is -2.54. The van der Waals surface area contributed by atoms with Crippen molar-refractivity contribution >= 4 is 17.6 Å². The molecular formula is C21H26N4O2S. The second-order valence-corrected chi connectivity index (χ2v) is 8.20. The minimum Gasteiger partial charge on any atom is -0.489 e. The number of aromatic nitrogens is 3. The second kappa shape index (κ2) is 9.10. The normalized spacial score (nSPS) is 11.1. The number of nitrogens with zero attached hydrogens (tertiary/aromatic N) is 4. The average molecular weight is 399 g/mol. The molecule has 0 atom stereocenters.